The van der Waals surface area contributed by atoms with Gasteiger partial charge in [-0.3, -0.25) is 4.79 Å². The molecular weight excluding hydrogens is 344 g/mol. The van der Waals surface area contributed by atoms with Gasteiger partial charge in [0, 0.05) is 6.42 Å². The van der Waals surface area contributed by atoms with Crippen molar-refractivity contribution in [2.75, 3.05) is 0 Å². The number of carbonyl (C=O) groups excluding carboxylic acids is 1. The predicted octanol–water partition coefficient (Wildman–Crippen LogP) is 6.16. The lowest BCUT2D eigenvalue weighted by Gasteiger charge is -2.19. The Balaban J connectivity index is 2.11. The Bertz CT molecular complexity index is 513. The van der Waals surface area contributed by atoms with Gasteiger partial charge in [-0.05, 0) is 76.2 Å². The first-order valence-corrected chi connectivity index (χ1v) is 16.4. The summed E-state index contributed by atoms with van der Waals surface area (Å²) in [5.74, 6) is 0.980. The zero-order chi connectivity index (χ0) is 18.9. The molecule has 1 aromatic rings. The summed E-state index contributed by atoms with van der Waals surface area (Å²) in [4.78, 5) is 11.7. The molecule has 0 amide bonds. The molecule has 0 aliphatic carbocycles. The first kappa shape index (κ1) is 22.0. The van der Waals surface area contributed by atoms with E-state index in [1.807, 2.05) is 0 Å². The van der Waals surface area contributed by atoms with E-state index < -0.39 is 16.6 Å². The Hall–Kier alpha value is -1.08. The van der Waals surface area contributed by atoms with Crippen LogP contribution in [0.5, 0.6) is 5.75 Å². The Labute approximate surface area is 156 Å². The molecule has 0 saturated carbocycles. The molecule has 0 bridgehead atoms. The Morgan fingerprint density at radius 2 is 1.36 bits per heavy atom. The van der Waals surface area contributed by atoms with Gasteiger partial charge in [0.1, 0.15) is 5.75 Å². The third-order valence-corrected chi connectivity index (χ3v) is 5.30. The third kappa shape index (κ3) is 12.0. The monoisotopic (exact) mass is 380 g/mol. The maximum Gasteiger partial charge on any atom is 0.292 e. The second-order valence-corrected chi connectivity index (χ2v) is 17.6. The molecule has 0 saturated heterocycles. The highest BCUT2D eigenvalue weighted by Crippen LogP contribution is 2.18. The number of carbonyl (C=O) groups is 1. The van der Waals surface area contributed by atoms with E-state index in [4.69, 9.17) is 8.85 Å². The largest absolute Gasteiger partial charge is 0.544 e. The molecule has 1 rings (SSSR count). The number of hydrogen-bond acceptors (Lipinski definition) is 3. The number of aryl methyl sites for hydroxylation is 1. The second kappa shape index (κ2) is 10.2. The lowest BCUT2D eigenvalue weighted by atomic mass is 10.0. The second-order valence-electron chi connectivity index (χ2n) is 8.71. The standard InChI is InChI=1S/C20H36O3Si2/c1-24(2,3)22-19-16-14-18(15-17-19)12-10-8-7-9-11-13-20(21)23-25(4,5)6/h14-17H,7-13H2,1-6H3. The SMILES string of the molecule is C[Si](C)(C)OC(=O)CCCCCCCc1ccc(O[Si](C)(C)C)cc1. The van der Waals surface area contributed by atoms with Crippen LogP contribution in [-0.4, -0.2) is 22.6 Å². The minimum atomic E-state index is -1.71. The molecule has 5 heteroatoms. The summed E-state index contributed by atoms with van der Waals surface area (Å²) in [5, 5.41) is 0. The molecule has 0 aliphatic rings. The number of benzene rings is 1. The maximum absolute atomic E-state index is 11.7. The predicted molar refractivity (Wildman–Crippen MR) is 111 cm³/mol. The molecule has 1 aromatic carbocycles. The van der Waals surface area contributed by atoms with Gasteiger partial charge < -0.3 is 8.85 Å². The van der Waals surface area contributed by atoms with E-state index in [2.05, 4.69) is 63.5 Å². The van der Waals surface area contributed by atoms with Gasteiger partial charge in [-0.1, -0.05) is 31.4 Å². The summed E-state index contributed by atoms with van der Waals surface area (Å²) in [6.45, 7) is 12.8. The van der Waals surface area contributed by atoms with Crippen LogP contribution in [0.1, 0.15) is 44.1 Å². The highest BCUT2D eigenvalue weighted by atomic mass is 28.4. The van der Waals surface area contributed by atoms with Crippen molar-refractivity contribution in [2.45, 2.75) is 84.2 Å². The molecule has 0 atom stereocenters. The lowest BCUT2D eigenvalue weighted by Crippen LogP contribution is -2.29. The van der Waals surface area contributed by atoms with Crippen molar-refractivity contribution in [3.8, 4) is 5.75 Å². The Morgan fingerprint density at radius 1 is 0.800 bits per heavy atom. The first-order valence-electron chi connectivity index (χ1n) is 9.55. The van der Waals surface area contributed by atoms with Crippen molar-refractivity contribution in [1.29, 1.82) is 0 Å². The smallest absolute Gasteiger partial charge is 0.292 e. The van der Waals surface area contributed by atoms with Crippen LogP contribution in [-0.2, 0) is 15.6 Å². The van der Waals surface area contributed by atoms with E-state index in [1.165, 1.54) is 24.8 Å². The van der Waals surface area contributed by atoms with Crippen molar-refractivity contribution in [2.24, 2.45) is 0 Å². The lowest BCUT2D eigenvalue weighted by molar-refractivity contribution is -0.135. The van der Waals surface area contributed by atoms with Gasteiger partial charge in [-0.25, -0.2) is 0 Å². The van der Waals surface area contributed by atoms with Crippen LogP contribution in [0, 0.1) is 0 Å². The fourth-order valence-electron chi connectivity index (χ4n) is 2.60. The van der Waals surface area contributed by atoms with Gasteiger partial charge in [-0.15, -0.1) is 0 Å². The quantitative estimate of drug-likeness (QED) is 0.340. The van der Waals surface area contributed by atoms with E-state index in [-0.39, 0.29) is 5.97 Å². The molecule has 0 unspecified atom stereocenters. The number of unbranched alkanes of at least 4 members (excludes halogenated alkanes) is 4. The van der Waals surface area contributed by atoms with E-state index in [0.29, 0.717) is 6.42 Å². The summed E-state index contributed by atoms with van der Waals surface area (Å²) in [7, 11) is -3.22. The van der Waals surface area contributed by atoms with E-state index >= 15 is 0 Å². The van der Waals surface area contributed by atoms with Gasteiger partial charge in [-0.2, -0.15) is 0 Å². The highest BCUT2D eigenvalue weighted by Gasteiger charge is 2.19. The Kier molecular flexibility index (Phi) is 8.93. The molecule has 0 aromatic heterocycles. The van der Waals surface area contributed by atoms with Crippen LogP contribution < -0.4 is 4.43 Å². The maximum atomic E-state index is 11.7. The molecule has 142 valence electrons. The molecule has 0 heterocycles. The van der Waals surface area contributed by atoms with E-state index in [9.17, 15) is 4.79 Å². The van der Waals surface area contributed by atoms with E-state index in [0.717, 1.165) is 25.0 Å². The van der Waals surface area contributed by atoms with Crippen LogP contribution in [0.25, 0.3) is 0 Å². The summed E-state index contributed by atoms with van der Waals surface area (Å²) < 4.78 is 11.4. The molecular formula is C20H36O3Si2. The highest BCUT2D eigenvalue weighted by molar-refractivity contribution is 6.71. The van der Waals surface area contributed by atoms with E-state index in [1.54, 1.807) is 0 Å². The van der Waals surface area contributed by atoms with Crippen LogP contribution in [0.15, 0.2) is 24.3 Å². The minimum absolute atomic E-state index is 0.0141. The summed E-state index contributed by atoms with van der Waals surface area (Å²) in [6, 6.07) is 8.55. The van der Waals surface area contributed by atoms with Gasteiger partial charge in [0.2, 0.25) is 16.6 Å². The molecule has 3 nitrogen and oxygen atoms in total. The first-order chi connectivity index (χ1) is 11.6. The fraction of sp³-hybridized carbons (Fsp3) is 0.650. The van der Waals surface area contributed by atoms with Crippen molar-refractivity contribution < 1.29 is 13.6 Å². The zero-order valence-corrected chi connectivity index (χ0v) is 19.0. The molecule has 0 fully saturated rings. The molecule has 0 radical (unpaired) electrons. The van der Waals surface area contributed by atoms with Crippen molar-refractivity contribution >= 4 is 22.6 Å². The van der Waals surface area contributed by atoms with Crippen molar-refractivity contribution in [1.82, 2.24) is 0 Å². The third-order valence-electron chi connectivity index (χ3n) is 3.61. The summed E-state index contributed by atoms with van der Waals surface area (Å²) in [6.07, 6.45) is 7.37. The van der Waals surface area contributed by atoms with Crippen molar-refractivity contribution in [3.05, 3.63) is 29.8 Å². The van der Waals surface area contributed by atoms with Gasteiger partial charge >= 0.3 is 0 Å². The molecule has 0 aliphatic heterocycles. The summed E-state index contributed by atoms with van der Waals surface area (Å²) >= 11 is 0. The minimum Gasteiger partial charge on any atom is -0.544 e. The van der Waals surface area contributed by atoms with Gasteiger partial charge in [0.05, 0.1) is 0 Å². The summed E-state index contributed by atoms with van der Waals surface area (Å²) in [5.41, 5.74) is 1.38. The average molecular weight is 381 g/mol. The zero-order valence-electron chi connectivity index (χ0n) is 17.0. The Morgan fingerprint density at radius 3 is 1.92 bits per heavy atom. The van der Waals surface area contributed by atoms with Crippen molar-refractivity contribution in [3.63, 3.8) is 0 Å². The van der Waals surface area contributed by atoms with Crippen LogP contribution in [0.2, 0.25) is 39.3 Å². The number of hydrogen-bond donors (Lipinski definition) is 0. The molecule has 0 spiro atoms. The van der Waals surface area contributed by atoms with Crippen LogP contribution >= 0.6 is 0 Å². The number of rotatable bonds is 11. The van der Waals surface area contributed by atoms with Gasteiger partial charge in [0.15, 0.2) is 0 Å². The van der Waals surface area contributed by atoms with Crippen LogP contribution in [0.3, 0.4) is 0 Å². The molecule has 25 heavy (non-hydrogen) atoms. The molecule has 0 N–H and O–H groups in total. The average Bonchev–Trinajstić information content (AvgIpc) is 2.44. The van der Waals surface area contributed by atoms with Gasteiger partial charge in [0.25, 0.3) is 5.97 Å². The fourth-order valence-corrected chi connectivity index (χ4v) is 4.23. The topological polar surface area (TPSA) is 35.5 Å². The normalized spacial score (nSPS) is 12.1. The van der Waals surface area contributed by atoms with Crippen LogP contribution in [0.4, 0.5) is 0 Å².